The topological polar surface area (TPSA) is 21.1 Å². The quantitative estimate of drug-likeness (QED) is 0.759. The van der Waals surface area contributed by atoms with E-state index in [9.17, 15) is 0 Å². The Bertz CT molecular complexity index is 457. The van der Waals surface area contributed by atoms with Crippen LogP contribution in [0.4, 0.5) is 0 Å². The van der Waals surface area contributed by atoms with E-state index in [0.29, 0.717) is 0 Å². The Morgan fingerprint density at radius 3 is 2.87 bits per heavy atom. The fourth-order valence-corrected chi connectivity index (χ4v) is 1.68. The first kappa shape index (κ1) is 10.2. The van der Waals surface area contributed by atoms with Crippen LogP contribution in [0.25, 0.3) is 10.9 Å². The molecule has 1 heterocycles. The van der Waals surface area contributed by atoms with Gasteiger partial charge in [0, 0.05) is 11.9 Å². The van der Waals surface area contributed by atoms with Crippen molar-refractivity contribution in [2.45, 2.75) is 13.5 Å². The lowest BCUT2D eigenvalue weighted by Gasteiger charge is -2.09. The van der Waals surface area contributed by atoms with Crippen LogP contribution in [0.3, 0.4) is 0 Å². The van der Waals surface area contributed by atoms with Crippen LogP contribution >= 0.6 is 0 Å². The molecule has 0 aliphatic carbocycles. The molecule has 0 unspecified atom stereocenters. The molecule has 3 heteroatoms. The van der Waals surface area contributed by atoms with Gasteiger partial charge >= 0.3 is 0 Å². The summed E-state index contributed by atoms with van der Waals surface area (Å²) in [6.45, 7) is 4.07. The highest BCUT2D eigenvalue weighted by Crippen LogP contribution is 2.14. The first-order valence-electron chi connectivity index (χ1n) is 5.24. The minimum atomic E-state index is 0.944. The molecule has 1 aromatic heterocycles. The zero-order chi connectivity index (χ0) is 10.8. The van der Waals surface area contributed by atoms with Crippen molar-refractivity contribution in [1.82, 2.24) is 14.7 Å². The van der Waals surface area contributed by atoms with Gasteiger partial charge in [-0.15, -0.1) is 0 Å². The van der Waals surface area contributed by atoms with Crippen molar-refractivity contribution in [3.05, 3.63) is 30.0 Å². The number of rotatable bonds is 3. The van der Waals surface area contributed by atoms with Gasteiger partial charge in [-0.2, -0.15) is 5.10 Å². The third-order valence-corrected chi connectivity index (χ3v) is 2.56. The van der Waals surface area contributed by atoms with E-state index in [4.69, 9.17) is 0 Å². The van der Waals surface area contributed by atoms with E-state index in [1.165, 1.54) is 16.5 Å². The fraction of sp³-hybridized carbons (Fsp3) is 0.417. The predicted octanol–water partition coefficient (Wildman–Crippen LogP) is 1.91. The molecule has 0 amide bonds. The van der Waals surface area contributed by atoms with Gasteiger partial charge in [0.05, 0.1) is 18.3 Å². The molecule has 0 radical (unpaired) electrons. The number of likely N-dealkylation sites (N-methyl/N-ethyl adjacent to an activating group) is 1. The highest BCUT2D eigenvalue weighted by Gasteiger charge is 2.02. The summed E-state index contributed by atoms with van der Waals surface area (Å²) in [5.41, 5.74) is 2.51. The number of nitrogens with zero attached hydrogens (tertiary/aromatic N) is 3. The summed E-state index contributed by atoms with van der Waals surface area (Å²) in [7, 11) is 4.16. The van der Waals surface area contributed by atoms with Crippen LogP contribution in [-0.4, -0.2) is 35.3 Å². The van der Waals surface area contributed by atoms with Gasteiger partial charge in [0.15, 0.2) is 0 Å². The molecule has 0 spiro atoms. The zero-order valence-electron chi connectivity index (χ0n) is 9.57. The molecule has 80 valence electrons. The van der Waals surface area contributed by atoms with Crippen LogP contribution in [0.2, 0.25) is 0 Å². The Kier molecular flexibility index (Phi) is 2.73. The van der Waals surface area contributed by atoms with Crippen LogP contribution < -0.4 is 0 Å². The molecule has 2 aromatic rings. The molecular weight excluding hydrogens is 186 g/mol. The Balaban J connectivity index is 2.29. The molecule has 2 rings (SSSR count). The van der Waals surface area contributed by atoms with Crippen molar-refractivity contribution in [2.24, 2.45) is 0 Å². The van der Waals surface area contributed by atoms with Crippen molar-refractivity contribution in [2.75, 3.05) is 20.6 Å². The third-order valence-electron chi connectivity index (χ3n) is 2.56. The maximum Gasteiger partial charge on any atom is 0.0683 e. The van der Waals surface area contributed by atoms with Gasteiger partial charge in [0.1, 0.15) is 0 Å². The summed E-state index contributed by atoms with van der Waals surface area (Å²) in [6, 6.07) is 6.46. The van der Waals surface area contributed by atoms with Crippen LogP contribution in [0, 0.1) is 6.92 Å². The Hall–Kier alpha value is -1.35. The maximum absolute atomic E-state index is 4.40. The average Bonchev–Trinajstić information content (AvgIpc) is 2.57. The van der Waals surface area contributed by atoms with E-state index < -0.39 is 0 Å². The van der Waals surface area contributed by atoms with E-state index in [0.717, 1.165) is 13.1 Å². The Morgan fingerprint density at radius 2 is 2.13 bits per heavy atom. The molecule has 0 fully saturated rings. The Labute approximate surface area is 90.3 Å². The monoisotopic (exact) mass is 203 g/mol. The van der Waals surface area contributed by atoms with E-state index in [2.05, 4.69) is 53.9 Å². The number of hydrogen-bond acceptors (Lipinski definition) is 2. The summed E-state index contributed by atoms with van der Waals surface area (Å²) in [5, 5.41) is 5.63. The van der Waals surface area contributed by atoms with Crippen molar-refractivity contribution < 1.29 is 0 Å². The summed E-state index contributed by atoms with van der Waals surface area (Å²) in [5.74, 6) is 0. The standard InChI is InChI=1S/C12H17N3/c1-10-4-5-12-11(8-10)9-13-15(12)7-6-14(2)3/h4-5,8-9H,6-7H2,1-3H3. The molecule has 1 aromatic carbocycles. The van der Waals surface area contributed by atoms with Gasteiger partial charge in [-0.05, 0) is 33.2 Å². The average molecular weight is 203 g/mol. The fourth-order valence-electron chi connectivity index (χ4n) is 1.68. The molecular formula is C12H17N3. The second kappa shape index (κ2) is 4.03. The first-order chi connectivity index (χ1) is 7.16. The molecule has 0 saturated heterocycles. The van der Waals surface area contributed by atoms with Gasteiger partial charge in [-0.25, -0.2) is 0 Å². The second-order valence-corrected chi connectivity index (χ2v) is 4.23. The highest BCUT2D eigenvalue weighted by molar-refractivity contribution is 5.79. The van der Waals surface area contributed by atoms with E-state index >= 15 is 0 Å². The molecule has 0 saturated carbocycles. The van der Waals surface area contributed by atoms with Gasteiger partial charge < -0.3 is 4.90 Å². The van der Waals surface area contributed by atoms with Crippen molar-refractivity contribution >= 4 is 10.9 Å². The largest absolute Gasteiger partial charge is 0.308 e. The van der Waals surface area contributed by atoms with Crippen LogP contribution in [0.15, 0.2) is 24.4 Å². The first-order valence-corrected chi connectivity index (χ1v) is 5.24. The molecule has 15 heavy (non-hydrogen) atoms. The summed E-state index contributed by atoms with van der Waals surface area (Å²) < 4.78 is 2.06. The maximum atomic E-state index is 4.40. The third kappa shape index (κ3) is 2.18. The molecule has 3 nitrogen and oxygen atoms in total. The summed E-state index contributed by atoms with van der Waals surface area (Å²) in [6.07, 6.45) is 1.94. The van der Waals surface area contributed by atoms with Crippen LogP contribution in [0.1, 0.15) is 5.56 Å². The van der Waals surface area contributed by atoms with Crippen molar-refractivity contribution in [3.8, 4) is 0 Å². The highest BCUT2D eigenvalue weighted by atomic mass is 15.3. The summed E-state index contributed by atoms with van der Waals surface area (Å²) >= 11 is 0. The number of aryl methyl sites for hydroxylation is 1. The SMILES string of the molecule is Cc1ccc2c(cnn2CCN(C)C)c1. The van der Waals surface area contributed by atoms with E-state index in [1.807, 2.05) is 6.20 Å². The molecule has 0 aliphatic heterocycles. The number of benzene rings is 1. The predicted molar refractivity (Wildman–Crippen MR) is 63.0 cm³/mol. The van der Waals surface area contributed by atoms with Crippen molar-refractivity contribution in [1.29, 1.82) is 0 Å². The zero-order valence-corrected chi connectivity index (χ0v) is 9.57. The van der Waals surface area contributed by atoms with Gasteiger partial charge in [0.2, 0.25) is 0 Å². The molecule has 0 N–H and O–H groups in total. The van der Waals surface area contributed by atoms with Crippen LogP contribution in [0.5, 0.6) is 0 Å². The number of hydrogen-bond donors (Lipinski definition) is 0. The molecule has 0 aliphatic rings. The minimum Gasteiger partial charge on any atom is -0.308 e. The Morgan fingerprint density at radius 1 is 1.33 bits per heavy atom. The van der Waals surface area contributed by atoms with Crippen molar-refractivity contribution in [3.63, 3.8) is 0 Å². The smallest absolute Gasteiger partial charge is 0.0683 e. The van der Waals surface area contributed by atoms with Crippen LogP contribution in [-0.2, 0) is 6.54 Å². The molecule has 0 bridgehead atoms. The van der Waals surface area contributed by atoms with E-state index in [1.54, 1.807) is 0 Å². The lowest BCUT2D eigenvalue weighted by atomic mass is 10.2. The van der Waals surface area contributed by atoms with Gasteiger partial charge in [-0.3, -0.25) is 4.68 Å². The lowest BCUT2D eigenvalue weighted by Crippen LogP contribution is -2.18. The molecule has 0 atom stereocenters. The number of aromatic nitrogens is 2. The summed E-state index contributed by atoms with van der Waals surface area (Å²) in [4.78, 5) is 2.17. The number of fused-ring (bicyclic) bond motifs is 1. The van der Waals surface area contributed by atoms with E-state index in [-0.39, 0.29) is 0 Å². The second-order valence-electron chi connectivity index (χ2n) is 4.23. The van der Waals surface area contributed by atoms with Gasteiger partial charge in [0.25, 0.3) is 0 Å². The van der Waals surface area contributed by atoms with Gasteiger partial charge in [-0.1, -0.05) is 11.6 Å². The lowest BCUT2D eigenvalue weighted by molar-refractivity contribution is 0.377. The minimum absolute atomic E-state index is 0.944. The normalized spacial score (nSPS) is 11.5.